The summed E-state index contributed by atoms with van der Waals surface area (Å²) in [6.07, 6.45) is 2.49. The van der Waals surface area contributed by atoms with Crippen LogP contribution in [0.15, 0.2) is 53.4 Å². The van der Waals surface area contributed by atoms with Crippen molar-refractivity contribution in [2.75, 3.05) is 13.6 Å². The maximum absolute atomic E-state index is 12.8. The van der Waals surface area contributed by atoms with E-state index in [2.05, 4.69) is 37.5 Å². The third kappa shape index (κ3) is 4.92. The number of nitrogens with one attached hydrogen (secondary N) is 1. The zero-order chi connectivity index (χ0) is 20.2. The summed E-state index contributed by atoms with van der Waals surface area (Å²) in [4.78, 5) is 20.3. The smallest absolute Gasteiger partial charge is 0.414 e. The van der Waals surface area contributed by atoms with E-state index in [4.69, 9.17) is 9.57 Å². The lowest BCUT2D eigenvalue weighted by atomic mass is 9.75. The molecule has 0 aromatic heterocycles. The van der Waals surface area contributed by atoms with Crippen molar-refractivity contribution in [3.05, 3.63) is 59.0 Å². The highest BCUT2D eigenvalue weighted by molar-refractivity contribution is 5.71. The largest absolute Gasteiger partial charge is 0.443 e. The first-order valence-corrected chi connectivity index (χ1v) is 9.35. The molecular formula is C22H32N2O3. The van der Waals surface area contributed by atoms with Crippen LogP contribution in [0.2, 0.25) is 0 Å². The van der Waals surface area contributed by atoms with Gasteiger partial charge in [0, 0.05) is 13.6 Å². The van der Waals surface area contributed by atoms with E-state index in [0.29, 0.717) is 6.54 Å². The van der Waals surface area contributed by atoms with E-state index in [0.717, 1.165) is 23.5 Å². The normalized spacial score (nSPS) is 20.9. The molecule has 1 atom stereocenters. The maximum Gasteiger partial charge on any atom is 0.414 e. The third-order valence-corrected chi connectivity index (χ3v) is 4.90. The molecule has 0 fully saturated rings. The number of allylic oxidation sites excluding steroid dienone is 2. The summed E-state index contributed by atoms with van der Waals surface area (Å²) < 4.78 is 5.60. The molecule has 5 nitrogen and oxygen atoms in total. The molecule has 2 rings (SSSR count). The van der Waals surface area contributed by atoms with Crippen LogP contribution in [-0.2, 0) is 16.0 Å². The van der Waals surface area contributed by atoms with Gasteiger partial charge in [0.1, 0.15) is 5.60 Å². The zero-order valence-corrected chi connectivity index (χ0v) is 17.6. The number of amides is 1. The van der Waals surface area contributed by atoms with Crippen molar-refractivity contribution in [1.29, 1.82) is 0 Å². The Labute approximate surface area is 163 Å². The Morgan fingerprint density at radius 1 is 1.22 bits per heavy atom. The molecule has 0 spiro atoms. The lowest BCUT2D eigenvalue weighted by Crippen LogP contribution is -2.37. The number of nitrogens with zero attached hydrogens (tertiary/aromatic N) is 1. The highest BCUT2D eigenvalue weighted by atomic mass is 16.6. The van der Waals surface area contributed by atoms with Gasteiger partial charge in [-0.3, -0.25) is 4.90 Å². The number of carbonyl (C=O) groups excluding carboxylic acids is 1. The fourth-order valence-corrected chi connectivity index (χ4v) is 3.33. The van der Waals surface area contributed by atoms with Crippen LogP contribution >= 0.6 is 0 Å². The topological polar surface area (TPSA) is 50.8 Å². The standard InChI is InChI=1S/C22H32N2O3/c1-16-13-14-24(20(25)26-21(3,4)5)17(2)19(27-23-7)22(16,6)15-18-11-9-8-10-12-18/h8-13,23H,14-15H2,1-7H3/t22-/m1/s1. The van der Waals surface area contributed by atoms with Gasteiger partial charge in [-0.15, -0.1) is 0 Å². The molecule has 0 aliphatic carbocycles. The molecule has 1 N–H and O–H groups in total. The lowest BCUT2D eigenvalue weighted by molar-refractivity contribution is 0.0289. The monoisotopic (exact) mass is 372 g/mol. The second-order valence-electron chi connectivity index (χ2n) is 8.19. The van der Waals surface area contributed by atoms with Crippen molar-refractivity contribution in [2.45, 2.75) is 53.6 Å². The van der Waals surface area contributed by atoms with E-state index in [1.165, 1.54) is 5.56 Å². The summed E-state index contributed by atoms with van der Waals surface area (Å²) in [5.41, 5.74) is 4.98. The van der Waals surface area contributed by atoms with Crippen LogP contribution in [0.4, 0.5) is 4.79 Å². The molecule has 0 unspecified atom stereocenters. The Morgan fingerprint density at radius 3 is 2.41 bits per heavy atom. The molecule has 0 bridgehead atoms. The van der Waals surface area contributed by atoms with Crippen molar-refractivity contribution in [2.24, 2.45) is 5.41 Å². The first-order chi connectivity index (χ1) is 12.6. The SMILES string of the molecule is CNOC1=C(C)N(C(=O)OC(C)(C)C)CC=C(C)[C@@]1(C)Cc1ccccc1. The van der Waals surface area contributed by atoms with Crippen LogP contribution in [0.3, 0.4) is 0 Å². The number of hydroxylamine groups is 1. The molecule has 0 saturated heterocycles. The molecule has 1 amide bonds. The van der Waals surface area contributed by atoms with E-state index < -0.39 is 5.60 Å². The van der Waals surface area contributed by atoms with Crippen molar-refractivity contribution in [3.8, 4) is 0 Å². The molecule has 148 valence electrons. The van der Waals surface area contributed by atoms with Crippen molar-refractivity contribution in [1.82, 2.24) is 10.4 Å². The van der Waals surface area contributed by atoms with Gasteiger partial charge in [-0.2, -0.15) is 5.48 Å². The highest BCUT2D eigenvalue weighted by Gasteiger charge is 2.39. The van der Waals surface area contributed by atoms with Crippen LogP contribution in [0, 0.1) is 5.41 Å². The predicted octanol–water partition coefficient (Wildman–Crippen LogP) is 4.81. The Kier molecular flexibility index (Phi) is 6.37. The molecular weight excluding hydrogens is 340 g/mol. The van der Waals surface area contributed by atoms with E-state index >= 15 is 0 Å². The number of benzene rings is 1. The van der Waals surface area contributed by atoms with Gasteiger partial charge in [0.15, 0.2) is 5.76 Å². The molecule has 1 aliphatic heterocycles. The third-order valence-electron chi connectivity index (χ3n) is 4.90. The van der Waals surface area contributed by atoms with Gasteiger partial charge in [-0.1, -0.05) is 42.0 Å². The Bertz CT molecular complexity index is 732. The fraction of sp³-hybridized carbons (Fsp3) is 0.500. The maximum atomic E-state index is 12.8. The molecule has 1 aromatic carbocycles. The van der Waals surface area contributed by atoms with E-state index in [9.17, 15) is 4.79 Å². The first-order valence-electron chi connectivity index (χ1n) is 9.35. The van der Waals surface area contributed by atoms with Crippen LogP contribution in [-0.4, -0.2) is 30.2 Å². The Hall–Kier alpha value is -2.27. The fourth-order valence-electron chi connectivity index (χ4n) is 3.33. The number of ether oxygens (including phenoxy) is 1. The Balaban J connectivity index is 2.49. The van der Waals surface area contributed by atoms with Gasteiger partial charge >= 0.3 is 6.09 Å². The minimum Gasteiger partial charge on any atom is -0.443 e. The number of rotatable bonds is 4. The summed E-state index contributed by atoms with van der Waals surface area (Å²) in [6.45, 7) is 12.2. The average Bonchev–Trinajstić information content (AvgIpc) is 2.66. The quantitative estimate of drug-likeness (QED) is 0.608. The molecule has 0 radical (unpaired) electrons. The van der Waals surface area contributed by atoms with Gasteiger partial charge in [0.25, 0.3) is 0 Å². The molecule has 1 heterocycles. The summed E-state index contributed by atoms with van der Waals surface area (Å²) in [6, 6.07) is 10.3. The summed E-state index contributed by atoms with van der Waals surface area (Å²) in [5.74, 6) is 0.728. The molecule has 1 aliphatic rings. The minimum absolute atomic E-state index is 0.370. The molecule has 27 heavy (non-hydrogen) atoms. The second-order valence-corrected chi connectivity index (χ2v) is 8.19. The molecule has 5 heteroatoms. The van der Waals surface area contributed by atoms with Crippen LogP contribution in [0.1, 0.15) is 47.1 Å². The van der Waals surface area contributed by atoms with Gasteiger partial charge in [0.05, 0.1) is 11.1 Å². The van der Waals surface area contributed by atoms with Crippen molar-refractivity contribution < 1.29 is 14.4 Å². The highest BCUT2D eigenvalue weighted by Crippen LogP contribution is 2.42. The summed E-state index contributed by atoms with van der Waals surface area (Å²) in [7, 11) is 1.73. The van der Waals surface area contributed by atoms with Gasteiger partial charge in [-0.05, 0) is 53.5 Å². The van der Waals surface area contributed by atoms with Crippen LogP contribution in [0.5, 0.6) is 0 Å². The number of hydrogen-bond donors (Lipinski definition) is 1. The summed E-state index contributed by atoms with van der Waals surface area (Å²) >= 11 is 0. The lowest BCUT2D eigenvalue weighted by Gasteiger charge is -2.34. The number of hydrogen-bond acceptors (Lipinski definition) is 4. The van der Waals surface area contributed by atoms with Crippen molar-refractivity contribution >= 4 is 6.09 Å². The minimum atomic E-state index is -0.556. The molecule has 0 saturated carbocycles. The van der Waals surface area contributed by atoms with Crippen LogP contribution < -0.4 is 5.48 Å². The summed E-state index contributed by atoms with van der Waals surface area (Å²) in [5, 5.41) is 0. The Morgan fingerprint density at radius 2 is 1.85 bits per heavy atom. The van der Waals surface area contributed by atoms with Gasteiger partial charge in [-0.25, -0.2) is 4.79 Å². The van der Waals surface area contributed by atoms with E-state index in [1.807, 2.05) is 45.9 Å². The van der Waals surface area contributed by atoms with E-state index in [-0.39, 0.29) is 11.5 Å². The van der Waals surface area contributed by atoms with Crippen LogP contribution in [0.25, 0.3) is 0 Å². The first kappa shape index (κ1) is 21.0. The van der Waals surface area contributed by atoms with Gasteiger partial charge in [0.2, 0.25) is 0 Å². The zero-order valence-electron chi connectivity index (χ0n) is 17.6. The van der Waals surface area contributed by atoms with Crippen molar-refractivity contribution in [3.63, 3.8) is 0 Å². The second kappa shape index (κ2) is 8.17. The van der Waals surface area contributed by atoms with E-state index in [1.54, 1.807) is 11.9 Å². The predicted molar refractivity (Wildman–Crippen MR) is 108 cm³/mol. The molecule has 1 aromatic rings. The van der Waals surface area contributed by atoms with Gasteiger partial charge < -0.3 is 9.57 Å². The number of carbonyl (C=O) groups is 1. The average molecular weight is 373 g/mol.